The Morgan fingerprint density at radius 1 is 1.39 bits per heavy atom. The molecule has 1 aromatic heterocycles. The second kappa shape index (κ2) is 4.79. The van der Waals surface area contributed by atoms with Crippen LogP contribution in [0.1, 0.15) is 33.1 Å². The van der Waals surface area contributed by atoms with Gasteiger partial charge in [-0.15, -0.1) is 0 Å². The lowest BCUT2D eigenvalue weighted by atomic mass is 9.82. The standard InChI is InChI=1S/C15H22N2O/c1-11(2)12-5-8-17-13(10-12)6-9-18-14-4-3-7-16-15(14)17/h3-4,7,11-13H,5-6,8-10H2,1-2H3. The molecule has 2 atom stereocenters. The summed E-state index contributed by atoms with van der Waals surface area (Å²) in [4.78, 5) is 7.01. The Labute approximate surface area is 109 Å². The fourth-order valence-electron chi connectivity index (χ4n) is 3.26. The van der Waals surface area contributed by atoms with Crippen LogP contribution in [0.4, 0.5) is 5.82 Å². The van der Waals surface area contributed by atoms with Crippen LogP contribution in [0.25, 0.3) is 0 Å². The van der Waals surface area contributed by atoms with Crippen molar-refractivity contribution in [3.05, 3.63) is 18.3 Å². The minimum absolute atomic E-state index is 0.613. The van der Waals surface area contributed by atoms with E-state index in [1.165, 1.54) is 12.8 Å². The van der Waals surface area contributed by atoms with Crippen molar-refractivity contribution in [3.63, 3.8) is 0 Å². The van der Waals surface area contributed by atoms with Crippen LogP contribution >= 0.6 is 0 Å². The summed E-state index contributed by atoms with van der Waals surface area (Å²) in [5.74, 6) is 3.67. The van der Waals surface area contributed by atoms with Crippen LogP contribution in [0.3, 0.4) is 0 Å². The first-order valence-corrected chi connectivity index (χ1v) is 7.10. The third-order valence-corrected chi connectivity index (χ3v) is 4.43. The number of nitrogens with zero attached hydrogens (tertiary/aromatic N) is 2. The summed E-state index contributed by atoms with van der Waals surface area (Å²) in [5, 5.41) is 0. The van der Waals surface area contributed by atoms with Gasteiger partial charge in [-0.2, -0.15) is 0 Å². The Balaban J connectivity index is 1.86. The average molecular weight is 246 g/mol. The minimum Gasteiger partial charge on any atom is -0.490 e. The minimum atomic E-state index is 0.613. The number of piperidine rings is 1. The van der Waals surface area contributed by atoms with Crippen LogP contribution in [-0.4, -0.2) is 24.2 Å². The quantitative estimate of drug-likeness (QED) is 0.761. The van der Waals surface area contributed by atoms with Gasteiger partial charge < -0.3 is 9.64 Å². The molecule has 2 unspecified atom stereocenters. The zero-order valence-electron chi connectivity index (χ0n) is 11.3. The Kier molecular flexibility index (Phi) is 3.14. The summed E-state index contributed by atoms with van der Waals surface area (Å²) >= 11 is 0. The molecule has 0 radical (unpaired) electrons. The number of rotatable bonds is 1. The molecule has 1 aromatic rings. The number of aromatic nitrogens is 1. The summed E-state index contributed by atoms with van der Waals surface area (Å²) in [6.07, 6.45) is 5.57. The predicted molar refractivity (Wildman–Crippen MR) is 73.0 cm³/mol. The molecule has 98 valence electrons. The Morgan fingerprint density at radius 3 is 3.11 bits per heavy atom. The molecule has 2 aliphatic rings. The van der Waals surface area contributed by atoms with E-state index in [0.717, 1.165) is 43.0 Å². The van der Waals surface area contributed by atoms with Crippen molar-refractivity contribution < 1.29 is 4.74 Å². The number of anilines is 1. The van der Waals surface area contributed by atoms with E-state index in [4.69, 9.17) is 4.74 Å². The Bertz CT molecular complexity index is 419. The van der Waals surface area contributed by atoms with Crippen LogP contribution in [0.5, 0.6) is 5.75 Å². The smallest absolute Gasteiger partial charge is 0.171 e. The van der Waals surface area contributed by atoms with Crippen molar-refractivity contribution in [1.82, 2.24) is 4.98 Å². The highest BCUT2D eigenvalue weighted by Gasteiger charge is 2.33. The van der Waals surface area contributed by atoms with E-state index in [1.807, 2.05) is 18.3 Å². The zero-order chi connectivity index (χ0) is 12.5. The van der Waals surface area contributed by atoms with Crippen LogP contribution in [0.2, 0.25) is 0 Å². The van der Waals surface area contributed by atoms with E-state index in [1.54, 1.807) is 0 Å². The van der Waals surface area contributed by atoms with E-state index >= 15 is 0 Å². The highest BCUT2D eigenvalue weighted by Crippen LogP contribution is 2.38. The molecule has 3 heteroatoms. The number of ether oxygens (including phenoxy) is 1. The second-order valence-electron chi connectivity index (χ2n) is 5.84. The first kappa shape index (κ1) is 11.8. The maximum Gasteiger partial charge on any atom is 0.171 e. The molecule has 0 bridgehead atoms. The highest BCUT2D eigenvalue weighted by molar-refractivity contribution is 5.53. The molecule has 0 N–H and O–H groups in total. The van der Waals surface area contributed by atoms with Gasteiger partial charge >= 0.3 is 0 Å². The lowest BCUT2D eigenvalue weighted by Gasteiger charge is -2.40. The van der Waals surface area contributed by atoms with E-state index in [9.17, 15) is 0 Å². The van der Waals surface area contributed by atoms with Crippen molar-refractivity contribution in [2.45, 2.75) is 39.2 Å². The molecular formula is C15H22N2O. The van der Waals surface area contributed by atoms with E-state index < -0.39 is 0 Å². The van der Waals surface area contributed by atoms with Gasteiger partial charge in [0.1, 0.15) is 0 Å². The van der Waals surface area contributed by atoms with E-state index in [2.05, 4.69) is 23.7 Å². The number of pyridine rings is 1. The predicted octanol–water partition coefficient (Wildman–Crippen LogP) is 3.11. The zero-order valence-corrected chi connectivity index (χ0v) is 11.3. The summed E-state index contributed by atoms with van der Waals surface area (Å²) in [7, 11) is 0. The summed E-state index contributed by atoms with van der Waals surface area (Å²) in [6, 6.07) is 4.61. The van der Waals surface area contributed by atoms with Gasteiger partial charge in [-0.05, 0) is 36.8 Å². The van der Waals surface area contributed by atoms with Crippen molar-refractivity contribution in [2.24, 2.45) is 11.8 Å². The molecule has 1 fully saturated rings. The fraction of sp³-hybridized carbons (Fsp3) is 0.667. The molecule has 2 aliphatic heterocycles. The van der Waals surface area contributed by atoms with Crippen molar-refractivity contribution >= 4 is 5.82 Å². The maximum absolute atomic E-state index is 5.83. The van der Waals surface area contributed by atoms with Crippen LogP contribution < -0.4 is 9.64 Å². The third kappa shape index (κ3) is 2.06. The molecule has 0 amide bonds. The van der Waals surface area contributed by atoms with Crippen molar-refractivity contribution in [3.8, 4) is 5.75 Å². The van der Waals surface area contributed by atoms with Gasteiger partial charge in [0.05, 0.1) is 6.61 Å². The first-order valence-electron chi connectivity index (χ1n) is 7.10. The summed E-state index contributed by atoms with van der Waals surface area (Å²) in [6.45, 7) is 6.64. The first-order chi connectivity index (χ1) is 8.75. The molecule has 18 heavy (non-hydrogen) atoms. The normalized spacial score (nSPS) is 27.2. The summed E-state index contributed by atoms with van der Waals surface area (Å²) in [5.41, 5.74) is 0. The Morgan fingerprint density at radius 2 is 2.28 bits per heavy atom. The van der Waals surface area contributed by atoms with E-state index in [-0.39, 0.29) is 0 Å². The SMILES string of the molecule is CC(C)C1CCN2c3ncccc3OCCC2C1. The average Bonchev–Trinajstić information content (AvgIpc) is 2.57. The number of fused-ring (bicyclic) bond motifs is 3. The van der Waals surface area contributed by atoms with Gasteiger partial charge in [-0.25, -0.2) is 4.98 Å². The summed E-state index contributed by atoms with van der Waals surface area (Å²) < 4.78 is 5.83. The van der Waals surface area contributed by atoms with Crippen molar-refractivity contribution in [1.29, 1.82) is 0 Å². The molecule has 0 saturated carbocycles. The lowest BCUT2D eigenvalue weighted by Crippen LogP contribution is -2.43. The van der Waals surface area contributed by atoms with Gasteiger partial charge in [0, 0.05) is 25.2 Å². The van der Waals surface area contributed by atoms with Gasteiger partial charge in [0.25, 0.3) is 0 Å². The Hall–Kier alpha value is -1.25. The van der Waals surface area contributed by atoms with Gasteiger partial charge in [-0.3, -0.25) is 0 Å². The van der Waals surface area contributed by atoms with Crippen LogP contribution in [0.15, 0.2) is 18.3 Å². The van der Waals surface area contributed by atoms with Gasteiger partial charge in [0.2, 0.25) is 0 Å². The van der Waals surface area contributed by atoms with E-state index in [0.29, 0.717) is 6.04 Å². The highest BCUT2D eigenvalue weighted by atomic mass is 16.5. The second-order valence-corrected chi connectivity index (χ2v) is 5.84. The third-order valence-electron chi connectivity index (χ3n) is 4.43. The molecule has 3 rings (SSSR count). The molecule has 3 heterocycles. The molecule has 0 aromatic carbocycles. The van der Waals surface area contributed by atoms with Crippen LogP contribution in [0, 0.1) is 11.8 Å². The molecular weight excluding hydrogens is 224 g/mol. The topological polar surface area (TPSA) is 25.4 Å². The van der Waals surface area contributed by atoms with Gasteiger partial charge in [0.15, 0.2) is 11.6 Å². The lowest BCUT2D eigenvalue weighted by molar-refractivity contribution is 0.245. The van der Waals surface area contributed by atoms with Crippen molar-refractivity contribution in [2.75, 3.05) is 18.1 Å². The largest absolute Gasteiger partial charge is 0.490 e. The molecule has 0 spiro atoms. The molecule has 1 saturated heterocycles. The van der Waals surface area contributed by atoms with Gasteiger partial charge in [-0.1, -0.05) is 13.8 Å². The molecule has 0 aliphatic carbocycles. The number of hydrogen-bond acceptors (Lipinski definition) is 3. The van der Waals surface area contributed by atoms with Crippen LogP contribution in [-0.2, 0) is 0 Å². The maximum atomic E-state index is 5.83. The number of hydrogen-bond donors (Lipinski definition) is 0. The fourth-order valence-corrected chi connectivity index (χ4v) is 3.26. The monoisotopic (exact) mass is 246 g/mol. The molecule has 3 nitrogen and oxygen atoms in total.